The summed E-state index contributed by atoms with van der Waals surface area (Å²) in [7, 11) is 0. The molecule has 31 heavy (non-hydrogen) atoms. The fourth-order valence-electron chi connectivity index (χ4n) is 3.55. The van der Waals surface area contributed by atoms with E-state index in [9.17, 15) is 9.59 Å². The van der Waals surface area contributed by atoms with Crippen molar-refractivity contribution >= 4 is 35.1 Å². The first kappa shape index (κ1) is 21.7. The van der Waals surface area contributed by atoms with Crippen molar-refractivity contribution in [1.82, 2.24) is 9.55 Å². The largest absolute Gasteiger partial charge is 0.325 e. The Morgan fingerprint density at radius 2 is 1.97 bits per heavy atom. The average molecular weight is 452 g/mol. The highest BCUT2D eigenvalue weighted by Crippen LogP contribution is 2.34. The van der Waals surface area contributed by atoms with Crippen LogP contribution in [-0.4, -0.2) is 26.5 Å². The molecule has 1 atom stereocenters. The predicted octanol–water partition coefficient (Wildman–Crippen LogP) is 4.68. The summed E-state index contributed by atoms with van der Waals surface area (Å²) in [5.41, 5.74) is 4.88. The third kappa shape index (κ3) is 4.88. The van der Waals surface area contributed by atoms with E-state index in [4.69, 9.17) is 4.98 Å². The van der Waals surface area contributed by atoms with E-state index in [2.05, 4.69) is 12.2 Å². The smallest absolute Gasteiger partial charge is 0.268 e. The van der Waals surface area contributed by atoms with Gasteiger partial charge in [-0.1, -0.05) is 61.2 Å². The van der Waals surface area contributed by atoms with Gasteiger partial charge in [-0.3, -0.25) is 14.2 Å². The van der Waals surface area contributed by atoms with Crippen LogP contribution in [0.15, 0.2) is 63.4 Å². The molecule has 5 nitrogen and oxygen atoms in total. The summed E-state index contributed by atoms with van der Waals surface area (Å²) >= 11 is 2.91. The quantitative estimate of drug-likeness (QED) is 0.436. The number of nitrogens with zero attached hydrogens (tertiary/aromatic N) is 2. The number of nitrogens with one attached hydrogen (secondary N) is 1. The third-order valence-electron chi connectivity index (χ3n) is 5.36. The maximum Gasteiger partial charge on any atom is 0.268 e. The fourth-order valence-corrected chi connectivity index (χ4v) is 5.48. The van der Waals surface area contributed by atoms with E-state index >= 15 is 0 Å². The van der Waals surface area contributed by atoms with Crippen LogP contribution >= 0.6 is 23.5 Å². The number of hydrogen-bond donors (Lipinski definition) is 1. The number of aromatic nitrogens is 2. The summed E-state index contributed by atoms with van der Waals surface area (Å²) in [6.07, 6.45) is 0.781. The van der Waals surface area contributed by atoms with E-state index in [1.165, 1.54) is 11.8 Å². The molecule has 1 aliphatic heterocycles. The van der Waals surface area contributed by atoms with Crippen molar-refractivity contribution in [3.05, 3.63) is 81.3 Å². The van der Waals surface area contributed by atoms with Gasteiger partial charge in [-0.25, -0.2) is 4.98 Å². The molecule has 0 radical (unpaired) electrons. The Bertz CT molecular complexity index is 1180. The molecule has 1 amide bonds. The number of anilines is 1. The molecule has 160 valence electrons. The molecule has 0 fully saturated rings. The summed E-state index contributed by atoms with van der Waals surface area (Å²) in [6, 6.07) is 15.7. The van der Waals surface area contributed by atoms with Crippen LogP contribution in [0.3, 0.4) is 0 Å². The van der Waals surface area contributed by atoms with Crippen LogP contribution in [0.2, 0.25) is 0 Å². The van der Waals surface area contributed by atoms with Crippen molar-refractivity contribution in [2.45, 2.75) is 49.0 Å². The molecule has 4 rings (SSSR count). The lowest BCUT2D eigenvalue weighted by Gasteiger charge is -2.14. The Labute approximate surface area is 190 Å². The highest BCUT2D eigenvalue weighted by Gasteiger charge is 2.26. The van der Waals surface area contributed by atoms with Crippen LogP contribution < -0.4 is 10.9 Å². The molecule has 1 aromatic heterocycles. The zero-order valence-electron chi connectivity index (χ0n) is 17.8. The van der Waals surface area contributed by atoms with Crippen molar-refractivity contribution in [3.63, 3.8) is 0 Å². The average Bonchev–Trinajstić information content (AvgIpc) is 3.13. The molecule has 1 N–H and O–H groups in total. The van der Waals surface area contributed by atoms with Gasteiger partial charge in [-0.05, 0) is 36.6 Å². The van der Waals surface area contributed by atoms with Crippen LogP contribution in [-0.2, 0) is 17.8 Å². The Morgan fingerprint density at radius 1 is 1.19 bits per heavy atom. The lowest BCUT2D eigenvalue weighted by molar-refractivity contribution is -0.113. The van der Waals surface area contributed by atoms with Gasteiger partial charge in [0, 0.05) is 17.4 Å². The molecule has 0 unspecified atom stereocenters. The molecule has 2 aromatic carbocycles. The van der Waals surface area contributed by atoms with Gasteiger partial charge in [0.05, 0.1) is 22.9 Å². The lowest BCUT2D eigenvalue weighted by Crippen LogP contribution is -2.26. The number of carbonyl (C=O) groups is 1. The molecule has 0 saturated heterocycles. The highest BCUT2D eigenvalue weighted by molar-refractivity contribution is 8.00. The highest BCUT2D eigenvalue weighted by atomic mass is 32.2. The Balaban J connectivity index is 1.57. The minimum atomic E-state index is -0.109. The van der Waals surface area contributed by atoms with Gasteiger partial charge < -0.3 is 5.32 Å². The molecule has 3 aromatic rings. The number of rotatable bonds is 6. The van der Waals surface area contributed by atoms with Crippen LogP contribution in [0.5, 0.6) is 0 Å². The second-order valence-corrected chi connectivity index (χ2v) is 10.2. The fraction of sp³-hybridized carbons (Fsp3) is 0.292. The Hall–Kier alpha value is -2.51. The summed E-state index contributed by atoms with van der Waals surface area (Å²) in [6.45, 7) is 6.57. The maximum absolute atomic E-state index is 13.2. The monoisotopic (exact) mass is 451 g/mol. The van der Waals surface area contributed by atoms with Crippen LogP contribution in [0.4, 0.5) is 5.69 Å². The first-order chi connectivity index (χ1) is 14.9. The van der Waals surface area contributed by atoms with Gasteiger partial charge in [0.15, 0.2) is 5.16 Å². The molecule has 0 aliphatic carbocycles. The molecule has 1 aliphatic rings. The topological polar surface area (TPSA) is 64.0 Å². The van der Waals surface area contributed by atoms with E-state index < -0.39 is 0 Å². The van der Waals surface area contributed by atoms with Crippen molar-refractivity contribution in [2.24, 2.45) is 0 Å². The van der Waals surface area contributed by atoms with Crippen molar-refractivity contribution in [2.75, 3.05) is 11.1 Å². The predicted molar refractivity (Wildman–Crippen MR) is 128 cm³/mol. The Kier molecular flexibility index (Phi) is 6.53. The van der Waals surface area contributed by atoms with Crippen LogP contribution in [0.1, 0.15) is 29.3 Å². The first-order valence-electron chi connectivity index (χ1n) is 10.3. The summed E-state index contributed by atoms with van der Waals surface area (Å²) in [5, 5.41) is 3.92. The molecular formula is C24H25N3O2S2. The number of aryl methyl sites for hydroxylation is 1. The van der Waals surface area contributed by atoms with E-state index in [1.807, 2.05) is 62.4 Å². The van der Waals surface area contributed by atoms with Gasteiger partial charge in [-0.2, -0.15) is 0 Å². The van der Waals surface area contributed by atoms with Crippen LogP contribution in [0, 0.1) is 13.8 Å². The number of carbonyl (C=O) groups excluding carboxylic acids is 1. The molecule has 2 heterocycles. The number of amides is 1. The van der Waals surface area contributed by atoms with Crippen molar-refractivity contribution in [1.29, 1.82) is 0 Å². The Morgan fingerprint density at radius 3 is 2.74 bits per heavy atom. The van der Waals surface area contributed by atoms with Gasteiger partial charge in [0.1, 0.15) is 0 Å². The van der Waals surface area contributed by atoms with Gasteiger partial charge >= 0.3 is 0 Å². The van der Waals surface area contributed by atoms with Crippen molar-refractivity contribution in [3.8, 4) is 0 Å². The lowest BCUT2D eigenvalue weighted by atomic mass is 10.1. The molecule has 7 heteroatoms. The van der Waals surface area contributed by atoms with Crippen LogP contribution in [0.25, 0.3) is 0 Å². The maximum atomic E-state index is 13.2. The molecule has 0 saturated carbocycles. The zero-order chi connectivity index (χ0) is 22.0. The second-order valence-electron chi connectivity index (χ2n) is 7.76. The van der Waals surface area contributed by atoms with E-state index in [1.54, 1.807) is 16.3 Å². The minimum Gasteiger partial charge on any atom is -0.325 e. The summed E-state index contributed by atoms with van der Waals surface area (Å²) in [5.74, 6) is 0.0817. The normalized spacial score (nSPS) is 15.0. The second kappa shape index (κ2) is 9.32. The number of hydrogen-bond acceptors (Lipinski definition) is 5. The first-order valence-corrected chi connectivity index (χ1v) is 12.1. The summed E-state index contributed by atoms with van der Waals surface area (Å²) in [4.78, 5) is 31.4. The third-order valence-corrected chi connectivity index (χ3v) is 7.55. The molecule has 0 bridgehead atoms. The molecule has 0 spiro atoms. The number of thioether (sulfide) groups is 2. The number of fused-ring (bicyclic) bond motifs is 1. The standard InChI is InChI=1S/C24H25N3O2S2/c1-15-8-7-11-19(17(15)3)25-21(28)14-30-24-26-20-12-16(2)31-22(20)23(29)27(24)13-18-9-5-4-6-10-18/h4-11,16H,12-14H2,1-3H3,(H,25,28)/t16-/m0/s1. The number of benzene rings is 2. The van der Waals surface area contributed by atoms with Gasteiger partial charge in [-0.15, -0.1) is 11.8 Å². The van der Waals surface area contributed by atoms with Gasteiger partial charge in [0.25, 0.3) is 5.56 Å². The van der Waals surface area contributed by atoms with E-state index in [-0.39, 0.29) is 17.2 Å². The minimum absolute atomic E-state index is 0.0133. The summed E-state index contributed by atoms with van der Waals surface area (Å²) < 4.78 is 1.70. The van der Waals surface area contributed by atoms with E-state index in [0.29, 0.717) is 17.0 Å². The zero-order valence-corrected chi connectivity index (χ0v) is 19.5. The van der Waals surface area contributed by atoms with Gasteiger partial charge in [0.2, 0.25) is 5.91 Å². The SMILES string of the molecule is Cc1cccc(NC(=O)CSc2nc3c(c(=O)n2Cc2ccccc2)S[C@@H](C)C3)c1C. The molecular weight excluding hydrogens is 426 g/mol. The van der Waals surface area contributed by atoms with Crippen molar-refractivity contribution < 1.29 is 4.79 Å². The van der Waals surface area contributed by atoms with E-state index in [0.717, 1.165) is 39.4 Å².